The monoisotopic (exact) mass is 375 g/mol. The predicted octanol–water partition coefficient (Wildman–Crippen LogP) is 2.61. The molecule has 2 aliphatic heterocycles. The molecular formula is C20H29N3O4. The van der Waals surface area contributed by atoms with Crippen LogP contribution < -0.4 is 20.1 Å². The van der Waals surface area contributed by atoms with E-state index in [1.165, 1.54) is 0 Å². The van der Waals surface area contributed by atoms with Crippen molar-refractivity contribution in [3.05, 3.63) is 23.8 Å². The lowest BCUT2D eigenvalue weighted by molar-refractivity contribution is -0.121. The van der Waals surface area contributed by atoms with Gasteiger partial charge in [-0.2, -0.15) is 0 Å². The molecule has 1 aromatic carbocycles. The SMILES string of the molecule is CC[C@H](C)NC(=O)NC(=O)CN1CCC[C@@H]1c1ccc2c(c1)OCCCO2. The van der Waals surface area contributed by atoms with Gasteiger partial charge in [0.25, 0.3) is 0 Å². The van der Waals surface area contributed by atoms with Gasteiger partial charge < -0.3 is 14.8 Å². The summed E-state index contributed by atoms with van der Waals surface area (Å²) in [4.78, 5) is 26.2. The molecule has 0 radical (unpaired) electrons. The van der Waals surface area contributed by atoms with E-state index in [-0.39, 0.29) is 24.5 Å². The minimum atomic E-state index is -0.430. The maximum absolute atomic E-state index is 12.3. The number of nitrogens with zero attached hydrogens (tertiary/aromatic N) is 1. The van der Waals surface area contributed by atoms with Gasteiger partial charge in [-0.25, -0.2) is 4.79 Å². The number of amides is 3. The Labute approximate surface area is 160 Å². The third-order valence-electron chi connectivity index (χ3n) is 5.11. The van der Waals surface area contributed by atoms with Crippen LogP contribution in [0.4, 0.5) is 4.79 Å². The van der Waals surface area contributed by atoms with E-state index in [1.807, 2.05) is 32.0 Å². The number of fused-ring (bicyclic) bond motifs is 1. The highest BCUT2D eigenvalue weighted by Gasteiger charge is 2.29. The first-order chi connectivity index (χ1) is 13.1. The van der Waals surface area contributed by atoms with Gasteiger partial charge in [0.2, 0.25) is 5.91 Å². The van der Waals surface area contributed by atoms with Crippen LogP contribution in [0.3, 0.4) is 0 Å². The van der Waals surface area contributed by atoms with Gasteiger partial charge in [-0.1, -0.05) is 13.0 Å². The minimum absolute atomic E-state index is 0.0409. The van der Waals surface area contributed by atoms with E-state index < -0.39 is 6.03 Å². The molecule has 0 bridgehead atoms. The van der Waals surface area contributed by atoms with E-state index in [4.69, 9.17) is 9.47 Å². The molecule has 3 amide bonds. The third kappa shape index (κ3) is 5.13. The molecule has 2 heterocycles. The Morgan fingerprint density at radius 3 is 2.78 bits per heavy atom. The van der Waals surface area contributed by atoms with Crippen LogP contribution in [0.5, 0.6) is 11.5 Å². The van der Waals surface area contributed by atoms with E-state index >= 15 is 0 Å². The number of ether oxygens (including phenoxy) is 2. The number of hydrogen-bond donors (Lipinski definition) is 2. The summed E-state index contributed by atoms with van der Waals surface area (Å²) < 4.78 is 11.5. The van der Waals surface area contributed by atoms with E-state index in [9.17, 15) is 9.59 Å². The van der Waals surface area contributed by atoms with Gasteiger partial charge in [0.1, 0.15) is 0 Å². The van der Waals surface area contributed by atoms with Gasteiger partial charge in [-0.3, -0.25) is 15.0 Å². The fourth-order valence-electron chi connectivity index (χ4n) is 3.49. The number of urea groups is 1. The number of carbonyl (C=O) groups excluding carboxylic acids is 2. The van der Waals surface area contributed by atoms with Gasteiger partial charge in [-0.15, -0.1) is 0 Å². The summed E-state index contributed by atoms with van der Waals surface area (Å²) in [5.74, 6) is 1.27. The molecule has 2 aliphatic rings. The molecule has 1 aromatic rings. The van der Waals surface area contributed by atoms with Crippen LogP contribution in [0.1, 0.15) is 51.1 Å². The van der Waals surface area contributed by atoms with E-state index in [0.29, 0.717) is 13.2 Å². The molecule has 1 fully saturated rings. The lowest BCUT2D eigenvalue weighted by atomic mass is 10.0. The van der Waals surface area contributed by atoms with Crippen molar-refractivity contribution in [3.63, 3.8) is 0 Å². The van der Waals surface area contributed by atoms with Crippen LogP contribution in [0.2, 0.25) is 0 Å². The zero-order valence-electron chi connectivity index (χ0n) is 16.1. The first-order valence-electron chi connectivity index (χ1n) is 9.80. The first-order valence-corrected chi connectivity index (χ1v) is 9.80. The highest BCUT2D eigenvalue weighted by atomic mass is 16.5. The lowest BCUT2D eigenvalue weighted by Crippen LogP contribution is -2.46. The van der Waals surface area contributed by atoms with E-state index in [0.717, 1.165) is 49.3 Å². The number of imide groups is 1. The Balaban J connectivity index is 1.61. The molecule has 7 heteroatoms. The molecular weight excluding hydrogens is 346 g/mol. The summed E-state index contributed by atoms with van der Waals surface area (Å²) in [6, 6.07) is 5.78. The zero-order valence-corrected chi connectivity index (χ0v) is 16.1. The van der Waals surface area contributed by atoms with Gasteiger partial charge in [0.15, 0.2) is 11.5 Å². The number of nitrogens with one attached hydrogen (secondary N) is 2. The third-order valence-corrected chi connectivity index (χ3v) is 5.11. The van der Waals surface area contributed by atoms with Crippen LogP contribution in [0.25, 0.3) is 0 Å². The second kappa shape index (κ2) is 9.08. The molecule has 7 nitrogen and oxygen atoms in total. The van der Waals surface area contributed by atoms with Crippen molar-refractivity contribution < 1.29 is 19.1 Å². The first kappa shape index (κ1) is 19.5. The lowest BCUT2D eigenvalue weighted by Gasteiger charge is -2.25. The maximum Gasteiger partial charge on any atom is 0.321 e. The average molecular weight is 375 g/mol. The van der Waals surface area contributed by atoms with Crippen LogP contribution >= 0.6 is 0 Å². The molecule has 0 aromatic heterocycles. The van der Waals surface area contributed by atoms with Crippen molar-refractivity contribution in [2.24, 2.45) is 0 Å². The molecule has 0 spiro atoms. The van der Waals surface area contributed by atoms with E-state index in [2.05, 4.69) is 15.5 Å². The summed E-state index contributed by atoms with van der Waals surface area (Å²) in [5.41, 5.74) is 1.12. The zero-order chi connectivity index (χ0) is 19.2. The second-order valence-corrected chi connectivity index (χ2v) is 7.22. The number of carbonyl (C=O) groups is 2. The molecule has 0 aliphatic carbocycles. The Hall–Kier alpha value is -2.28. The Morgan fingerprint density at radius 1 is 1.22 bits per heavy atom. The molecule has 0 saturated carbocycles. The summed E-state index contributed by atoms with van der Waals surface area (Å²) in [6.07, 6.45) is 3.69. The molecule has 148 valence electrons. The van der Waals surface area contributed by atoms with Gasteiger partial charge in [-0.05, 0) is 50.4 Å². The second-order valence-electron chi connectivity index (χ2n) is 7.22. The van der Waals surface area contributed by atoms with Crippen LogP contribution in [0, 0.1) is 0 Å². The maximum atomic E-state index is 12.3. The van der Waals surface area contributed by atoms with Gasteiger partial charge in [0, 0.05) is 18.5 Å². The highest BCUT2D eigenvalue weighted by molar-refractivity contribution is 5.95. The molecule has 0 unspecified atom stereocenters. The summed E-state index contributed by atoms with van der Waals surface area (Å²) >= 11 is 0. The summed E-state index contributed by atoms with van der Waals surface area (Å²) in [5, 5.41) is 5.18. The Kier molecular flexibility index (Phi) is 6.55. The van der Waals surface area contributed by atoms with Crippen LogP contribution in [0.15, 0.2) is 18.2 Å². The standard InChI is InChI=1S/C20H29N3O4/c1-3-14(2)21-20(25)22-19(24)13-23-9-4-6-16(23)15-7-8-17-18(12-15)27-11-5-10-26-17/h7-8,12,14,16H,3-6,9-11,13H2,1-2H3,(H2,21,22,24,25)/t14-,16+/m0/s1. The summed E-state index contributed by atoms with van der Waals surface area (Å²) in [6.45, 7) is 6.24. The van der Waals surface area contributed by atoms with Crippen molar-refractivity contribution in [2.45, 2.75) is 51.6 Å². The quantitative estimate of drug-likeness (QED) is 0.827. The molecule has 2 atom stereocenters. The number of benzene rings is 1. The fraction of sp³-hybridized carbons (Fsp3) is 0.600. The van der Waals surface area contributed by atoms with Crippen LogP contribution in [-0.4, -0.2) is 49.2 Å². The van der Waals surface area contributed by atoms with Crippen molar-refractivity contribution >= 4 is 11.9 Å². The van der Waals surface area contributed by atoms with Crippen molar-refractivity contribution in [3.8, 4) is 11.5 Å². The normalized spacial score (nSPS) is 20.6. The fourth-order valence-corrected chi connectivity index (χ4v) is 3.49. The molecule has 2 N–H and O–H groups in total. The highest BCUT2D eigenvalue weighted by Crippen LogP contribution is 2.37. The Morgan fingerprint density at radius 2 is 2.00 bits per heavy atom. The predicted molar refractivity (Wildman–Crippen MR) is 102 cm³/mol. The average Bonchev–Trinajstić information content (AvgIpc) is 2.96. The molecule has 3 rings (SSSR count). The van der Waals surface area contributed by atoms with E-state index in [1.54, 1.807) is 0 Å². The van der Waals surface area contributed by atoms with Crippen molar-refractivity contribution in [1.82, 2.24) is 15.5 Å². The van der Waals surface area contributed by atoms with Gasteiger partial charge in [0.05, 0.1) is 19.8 Å². The van der Waals surface area contributed by atoms with Gasteiger partial charge >= 0.3 is 6.03 Å². The molecule has 1 saturated heterocycles. The van der Waals surface area contributed by atoms with Crippen molar-refractivity contribution in [2.75, 3.05) is 26.3 Å². The van der Waals surface area contributed by atoms with Crippen molar-refractivity contribution in [1.29, 1.82) is 0 Å². The summed E-state index contributed by atoms with van der Waals surface area (Å²) in [7, 11) is 0. The smallest absolute Gasteiger partial charge is 0.321 e. The number of hydrogen-bond acceptors (Lipinski definition) is 5. The number of rotatable bonds is 5. The minimum Gasteiger partial charge on any atom is -0.490 e. The Bertz CT molecular complexity index is 679. The number of likely N-dealkylation sites (tertiary alicyclic amines) is 1. The topological polar surface area (TPSA) is 79.9 Å². The molecule has 27 heavy (non-hydrogen) atoms. The largest absolute Gasteiger partial charge is 0.490 e. The van der Waals surface area contributed by atoms with Crippen LogP contribution in [-0.2, 0) is 4.79 Å².